The standard InChI is InChI=1S/C17H15ClN4O/c18-15-3-1-13(2-4-15)16(11-19)14-5-8-21(9-6-14)17(23)22-10-7-20-12-22/h1-4,7,10,12H,5-6,8-9H2. The Morgan fingerprint density at radius 2 is 1.91 bits per heavy atom. The number of nitrogens with zero attached hydrogens (tertiary/aromatic N) is 4. The number of hydrogen-bond acceptors (Lipinski definition) is 3. The Morgan fingerprint density at radius 3 is 2.48 bits per heavy atom. The van der Waals surface area contributed by atoms with Crippen LogP contribution in [0.3, 0.4) is 0 Å². The molecular weight excluding hydrogens is 312 g/mol. The molecule has 1 aliphatic rings. The number of amides is 1. The second-order valence-electron chi connectivity index (χ2n) is 5.34. The third-order valence-corrected chi connectivity index (χ3v) is 4.21. The van der Waals surface area contributed by atoms with Crippen LogP contribution in [0.2, 0.25) is 5.02 Å². The van der Waals surface area contributed by atoms with Crippen LogP contribution in [-0.2, 0) is 0 Å². The number of halogens is 1. The van der Waals surface area contributed by atoms with E-state index in [0.717, 1.165) is 11.1 Å². The number of piperidine rings is 1. The molecule has 0 atom stereocenters. The van der Waals surface area contributed by atoms with Gasteiger partial charge in [0.15, 0.2) is 0 Å². The molecule has 1 aromatic heterocycles. The zero-order valence-electron chi connectivity index (χ0n) is 12.4. The molecule has 2 aromatic rings. The molecule has 1 amide bonds. The summed E-state index contributed by atoms with van der Waals surface area (Å²) >= 11 is 5.90. The van der Waals surface area contributed by atoms with Crippen molar-refractivity contribution >= 4 is 23.2 Å². The number of allylic oxidation sites excluding steroid dienone is 1. The van der Waals surface area contributed by atoms with Crippen molar-refractivity contribution in [2.75, 3.05) is 13.1 Å². The van der Waals surface area contributed by atoms with E-state index in [2.05, 4.69) is 11.1 Å². The fraction of sp³-hybridized carbons (Fsp3) is 0.235. The number of imidazole rings is 1. The van der Waals surface area contributed by atoms with Crippen molar-refractivity contribution in [2.45, 2.75) is 12.8 Å². The van der Waals surface area contributed by atoms with Crippen LogP contribution in [0.4, 0.5) is 4.79 Å². The summed E-state index contributed by atoms with van der Waals surface area (Å²) in [4.78, 5) is 17.9. The van der Waals surface area contributed by atoms with Crippen LogP contribution in [0.5, 0.6) is 0 Å². The molecule has 116 valence electrons. The topological polar surface area (TPSA) is 61.9 Å². The first-order valence-corrected chi connectivity index (χ1v) is 7.72. The lowest BCUT2D eigenvalue weighted by Gasteiger charge is -2.29. The summed E-state index contributed by atoms with van der Waals surface area (Å²) in [6, 6.07) is 9.50. The van der Waals surface area contributed by atoms with Crippen LogP contribution in [0.1, 0.15) is 18.4 Å². The first kappa shape index (κ1) is 15.3. The molecular formula is C17H15ClN4O. The largest absolute Gasteiger partial charge is 0.329 e. The van der Waals surface area contributed by atoms with Gasteiger partial charge in [-0.15, -0.1) is 0 Å². The van der Waals surface area contributed by atoms with E-state index in [-0.39, 0.29) is 6.03 Å². The van der Waals surface area contributed by atoms with Gasteiger partial charge in [0.25, 0.3) is 0 Å². The van der Waals surface area contributed by atoms with E-state index in [4.69, 9.17) is 11.6 Å². The van der Waals surface area contributed by atoms with Crippen LogP contribution >= 0.6 is 11.6 Å². The molecule has 23 heavy (non-hydrogen) atoms. The molecule has 1 fully saturated rings. The quantitative estimate of drug-likeness (QED) is 0.752. The fourth-order valence-electron chi connectivity index (χ4n) is 2.72. The lowest BCUT2D eigenvalue weighted by atomic mass is 9.94. The molecule has 1 aliphatic heterocycles. The number of carbonyl (C=O) groups is 1. The van der Waals surface area contributed by atoms with E-state index in [1.54, 1.807) is 29.4 Å². The predicted octanol–water partition coefficient (Wildman–Crippen LogP) is 3.58. The second-order valence-corrected chi connectivity index (χ2v) is 5.77. The van der Waals surface area contributed by atoms with Gasteiger partial charge in [0.1, 0.15) is 6.33 Å². The van der Waals surface area contributed by atoms with Crippen molar-refractivity contribution in [1.29, 1.82) is 5.26 Å². The normalized spacial score (nSPS) is 14.4. The van der Waals surface area contributed by atoms with Crippen LogP contribution in [0.15, 0.2) is 48.6 Å². The summed E-state index contributed by atoms with van der Waals surface area (Å²) in [5, 5.41) is 10.1. The SMILES string of the molecule is N#CC(=C1CCN(C(=O)n2ccnc2)CC1)c1ccc(Cl)cc1. The lowest BCUT2D eigenvalue weighted by molar-refractivity contribution is 0.195. The van der Waals surface area contributed by atoms with Gasteiger partial charge in [-0.25, -0.2) is 9.78 Å². The van der Waals surface area contributed by atoms with Crippen LogP contribution in [0, 0.1) is 11.3 Å². The highest BCUT2D eigenvalue weighted by Gasteiger charge is 2.22. The Kier molecular flexibility index (Phi) is 4.45. The Hall–Kier alpha value is -2.58. The first-order valence-electron chi connectivity index (χ1n) is 7.34. The van der Waals surface area contributed by atoms with Gasteiger partial charge in [-0.3, -0.25) is 4.57 Å². The molecule has 0 radical (unpaired) electrons. The maximum Gasteiger partial charge on any atom is 0.329 e. The van der Waals surface area contributed by atoms with Crippen LogP contribution < -0.4 is 0 Å². The molecule has 3 rings (SSSR count). The summed E-state index contributed by atoms with van der Waals surface area (Å²) in [5.41, 5.74) is 2.65. The number of rotatable bonds is 1. The maximum atomic E-state index is 12.3. The highest BCUT2D eigenvalue weighted by Crippen LogP contribution is 2.27. The molecule has 0 unspecified atom stereocenters. The minimum absolute atomic E-state index is 0.0773. The third-order valence-electron chi connectivity index (χ3n) is 3.96. The molecule has 0 bridgehead atoms. The summed E-state index contributed by atoms with van der Waals surface area (Å²) in [7, 11) is 0. The van der Waals surface area contributed by atoms with Crippen LogP contribution in [-0.4, -0.2) is 33.6 Å². The van der Waals surface area contributed by atoms with Gasteiger partial charge in [0.05, 0.1) is 11.6 Å². The van der Waals surface area contributed by atoms with E-state index in [1.807, 2.05) is 12.1 Å². The molecule has 0 saturated carbocycles. The number of aromatic nitrogens is 2. The van der Waals surface area contributed by atoms with Crippen molar-refractivity contribution in [3.05, 3.63) is 59.1 Å². The highest BCUT2D eigenvalue weighted by atomic mass is 35.5. The van der Waals surface area contributed by atoms with Crippen molar-refractivity contribution < 1.29 is 4.79 Å². The third kappa shape index (κ3) is 3.27. The average Bonchev–Trinajstić information content (AvgIpc) is 3.12. The zero-order chi connectivity index (χ0) is 16.2. The number of nitriles is 1. The van der Waals surface area contributed by atoms with E-state index in [1.165, 1.54) is 10.9 Å². The minimum Gasteiger partial charge on any atom is -0.323 e. The van der Waals surface area contributed by atoms with Gasteiger partial charge >= 0.3 is 6.03 Å². The summed E-state index contributed by atoms with van der Waals surface area (Å²) in [5.74, 6) is 0. The second kappa shape index (κ2) is 6.67. The van der Waals surface area contributed by atoms with Crippen LogP contribution in [0.25, 0.3) is 5.57 Å². The summed E-state index contributed by atoms with van der Waals surface area (Å²) < 4.78 is 1.47. The molecule has 2 heterocycles. The van der Waals surface area contributed by atoms with E-state index < -0.39 is 0 Å². The number of likely N-dealkylation sites (tertiary alicyclic amines) is 1. The fourth-order valence-corrected chi connectivity index (χ4v) is 2.84. The van der Waals surface area contributed by atoms with Crippen molar-refractivity contribution in [3.63, 3.8) is 0 Å². The predicted molar refractivity (Wildman–Crippen MR) is 87.8 cm³/mol. The molecule has 1 saturated heterocycles. The van der Waals surface area contributed by atoms with Crippen molar-refractivity contribution in [3.8, 4) is 6.07 Å². The van der Waals surface area contributed by atoms with Gasteiger partial charge < -0.3 is 4.90 Å². The molecule has 0 aliphatic carbocycles. The Bertz CT molecular complexity index is 762. The first-order chi connectivity index (χ1) is 11.2. The Labute approximate surface area is 139 Å². The van der Waals surface area contributed by atoms with Gasteiger partial charge in [0.2, 0.25) is 0 Å². The molecule has 1 aromatic carbocycles. The zero-order valence-corrected chi connectivity index (χ0v) is 13.2. The number of hydrogen-bond donors (Lipinski definition) is 0. The molecule has 0 spiro atoms. The number of carbonyl (C=O) groups excluding carboxylic acids is 1. The highest BCUT2D eigenvalue weighted by molar-refractivity contribution is 6.30. The van der Waals surface area contributed by atoms with E-state index >= 15 is 0 Å². The number of benzene rings is 1. The summed E-state index contributed by atoms with van der Waals surface area (Å²) in [6.07, 6.45) is 6.13. The van der Waals surface area contributed by atoms with E-state index in [0.29, 0.717) is 36.5 Å². The molecule has 5 nitrogen and oxygen atoms in total. The molecule has 6 heteroatoms. The van der Waals surface area contributed by atoms with Crippen molar-refractivity contribution in [1.82, 2.24) is 14.5 Å². The van der Waals surface area contributed by atoms with E-state index in [9.17, 15) is 10.1 Å². The molecule has 0 N–H and O–H groups in total. The van der Waals surface area contributed by atoms with Gasteiger partial charge in [0, 0.05) is 30.5 Å². The van der Waals surface area contributed by atoms with Gasteiger partial charge in [-0.1, -0.05) is 23.7 Å². The maximum absolute atomic E-state index is 12.3. The van der Waals surface area contributed by atoms with Gasteiger partial charge in [-0.2, -0.15) is 5.26 Å². The smallest absolute Gasteiger partial charge is 0.323 e. The Balaban J connectivity index is 1.75. The summed E-state index contributed by atoms with van der Waals surface area (Å²) in [6.45, 7) is 1.20. The lowest BCUT2D eigenvalue weighted by Crippen LogP contribution is -2.38. The monoisotopic (exact) mass is 326 g/mol. The van der Waals surface area contributed by atoms with Gasteiger partial charge in [-0.05, 0) is 36.1 Å². The Morgan fingerprint density at radius 1 is 1.22 bits per heavy atom. The van der Waals surface area contributed by atoms with Crippen molar-refractivity contribution in [2.24, 2.45) is 0 Å². The average molecular weight is 327 g/mol. The minimum atomic E-state index is -0.0773.